The topological polar surface area (TPSA) is 119 Å². The number of likely N-dealkylation sites (N-methyl/N-ethyl adjacent to an activating group) is 2. The normalized spacial score (nSPS) is 9.11. The molecule has 0 aromatic heterocycles. The number of nitrogens with one attached hydrogen (secondary N) is 2. The molecule has 194 valence electrons. The number of rotatable bonds is 6. The first-order chi connectivity index (χ1) is 16.0. The summed E-state index contributed by atoms with van der Waals surface area (Å²) in [6, 6.07) is 13.4. The zero-order valence-electron chi connectivity index (χ0n) is 21.0. The second-order valence-electron chi connectivity index (χ2n) is 7.71. The standard InChI is InChI=1S/C12H16N2O2.C11H13NO3.C2H7N.CH4/c1-13-12(16)10-6-4-9(5-7-10)8-11(15)14(2)3;1-12(2)10(13)7-8-3-5-9(6-4-8)11(14)15;1-3-2;/h4-7H,8H2,1-3H3,(H,13,16);3-6H,7H2,1-2H3,(H,14,15);3H,1-2H3;1H4. The van der Waals surface area contributed by atoms with Crippen LogP contribution in [0.25, 0.3) is 0 Å². The van der Waals surface area contributed by atoms with E-state index in [9.17, 15) is 19.2 Å². The van der Waals surface area contributed by atoms with Gasteiger partial charge in [0, 0.05) is 40.8 Å². The number of carboxylic acid groups (broad SMARTS) is 1. The van der Waals surface area contributed by atoms with Gasteiger partial charge in [-0.15, -0.1) is 0 Å². The second kappa shape index (κ2) is 17.7. The van der Waals surface area contributed by atoms with Crippen molar-refractivity contribution in [2.75, 3.05) is 49.3 Å². The molecular formula is C26H40N4O5. The van der Waals surface area contributed by atoms with Crippen LogP contribution < -0.4 is 10.6 Å². The lowest BCUT2D eigenvalue weighted by molar-refractivity contribution is -0.128. The van der Waals surface area contributed by atoms with Crippen molar-refractivity contribution in [3.63, 3.8) is 0 Å². The molecule has 3 amide bonds. The quantitative estimate of drug-likeness (QED) is 0.573. The molecule has 9 heteroatoms. The van der Waals surface area contributed by atoms with E-state index in [0.29, 0.717) is 18.4 Å². The minimum Gasteiger partial charge on any atom is -0.478 e. The lowest BCUT2D eigenvalue weighted by atomic mass is 10.1. The van der Waals surface area contributed by atoms with Crippen LogP contribution in [0.15, 0.2) is 48.5 Å². The minimum absolute atomic E-state index is 0. The molecule has 0 aliphatic rings. The van der Waals surface area contributed by atoms with Crippen LogP contribution in [-0.4, -0.2) is 87.9 Å². The van der Waals surface area contributed by atoms with Gasteiger partial charge in [-0.1, -0.05) is 31.7 Å². The van der Waals surface area contributed by atoms with Gasteiger partial charge in [0.25, 0.3) is 5.91 Å². The van der Waals surface area contributed by atoms with Gasteiger partial charge >= 0.3 is 5.97 Å². The number of aromatic carboxylic acids is 1. The maximum absolute atomic E-state index is 11.4. The monoisotopic (exact) mass is 488 g/mol. The molecule has 35 heavy (non-hydrogen) atoms. The molecular weight excluding hydrogens is 448 g/mol. The molecule has 0 spiro atoms. The molecule has 0 fully saturated rings. The molecule has 0 radical (unpaired) electrons. The summed E-state index contributed by atoms with van der Waals surface area (Å²) >= 11 is 0. The van der Waals surface area contributed by atoms with E-state index in [1.165, 1.54) is 17.0 Å². The summed E-state index contributed by atoms with van der Waals surface area (Å²) in [7, 11) is 12.2. The molecule has 3 N–H and O–H groups in total. The van der Waals surface area contributed by atoms with Crippen molar-refractivity contribution >= 4 is 23.7 Å². The van der Waals surface area contributed by atoms with Crippen LogP contribution >= 0.6 is 0 Å². The van der Waals surface area contributed by atoms with Crippen molar-refractivity contribution in [3.8, 4) is 0 Å². The van der Waals surface area contributed by atoms with E-state index in [-0.39, 0.29) is 30.7 Å². The maximum Gasteiger partial charge on any atom is 0.335 e. The molecule has 0 unspecified atom stereocenters. The molecule has 0 aliphatic carbocycles. The Morgan fingerprint density at radius 3 is 1.26 bits per heavy atom. The first-order valence-electron chi connectivity index (χ1n) is 10.6. The summed E-state index contributed by atoms with van der Waals surface area (Å²) in [5.74, 6) is -1.03. The molecule has 0 aliphatic heterocycles. The van der Waals surface area contributed by atoms with E-state index in [1.54, 1.807) is 76.5 Å². The van der Waals surface area contributed by atoms with E-state index in [0.717, 1.165) is 11.1 Å². The van der Waals surface area contributed by atoms with E-state index in [1.807, 2.05) is 14.1 Å². The smallest absolute Gasteiger partial charge is 0.335 e. The first-order valence-corrected chi connectivity index (χ1v) is 10.6. The predicted molar refractivity (Wildman–Crippen MR) is 140 cm³/mol. The lowest BCUT2D eigenvalue weighted by Gasteiger charge is -2.10. The van der Waals surface area contributed by atoms with Gasteiger partial charge in [-0.3, -0.25) is 14.4 Å². The van der Waals surface area contributed by atoms with Crippen molar-refractivity contribution in [2.24, 2.45) is 0 Å². The molecule has 2 aromatic rings. The van der Waals surface area contributed by atoms with E-state index >= 15 is 0 Å². The Bertz CT molecular complexity index is 924. The Labute approximate surface area is 209 Å². The highest BCUT2D eigenvalue weighted by Gasteiger charge is 2.08. The Kier molecular flexibility index (Phi) is 16.9. The maximum atomic E-state index is 11.4. The molecule has 0 saturated heterocycles. The molecule has 0 atom stereocenters. The van der Waals surface area contributed by atoms with Gasteiger partial charge < -0.3 is 25.5 Å². The van der Waals surface area contributed by atoms with E-state index < -0.39 is 5.97 Å². The molecule has 2 rings (SSSR count). The van der Waals surface area contributed by atoms with Crippen LogP contribution in [0.3, 0.4) is 0 Å². The molecule has 0 bridgehead atoms. The second-order valence-corrected chi connectivity index (χ2v) is 7.71. The van der Waals surface area contributed by atoms with Gasteiger partial charge in [-0.2, -0.15) is 0 Å². The zero-order chi connectivity index (χ0) is 26.3. The number of carbonyl (C=O) groups excluding carboxylic acids is 3. The fraction of sp³-hybridized carbons (Fsp3) is 0.385. The number of hydrogen-bond donors (Lipinski definition) is 3. The number of benzene rings is 2. The van der Waals surface area contributed by atoms with Crippen molar-refractivity contribution in [3.05, 3.63) is 70.8 Å². The molecule has 0 saturated carbocycles. The largest absolute Gasteiger partial charge is 0.478 e. The van der Waals surface area contributed by atoms with Crippen molar-refractivity contribution < 1.29 is 24.3 Å². The average molecular weight is 489 g/mol. The van der Waals surface area contributed by atoms with Crippen molar-refractivity contribution in [1.82, 2.24) is 20.4 Å². The van der Waals surface area contributed by atoms with E-state index in [4.69, 9.17) is 5.11 Å². The summed E-state index contributed by atoms with van der Waals surface area (Å²) in [5.41, 5.74) is 2.56. The van der Waals surface area contributed by atoms with Crippen molar-refractivity contribution in [2.45, 2.75) is 20.3 Å². The zero-order valence-corrected chi connectivity index (χ0v) is 21.0. The van der Waals surface area contributed by atoms with Crippen LogP contribution in [-0.2, 0) is 22.4 Å². The number of nitrogens with zero attached hydrogens (tertiary/aromatic N) is 2. The van der Waals surface area contributed by atoms with Gasteiger partial charge in [-0.05, 0) is 49.5 Å². The van der Waals surface area contributed by atoms with Crippen LogP contribution in [0.2, 0.25) is 0 Å². The Morgan fingerprint density at radius 2 is 1.00 bits per heavy atom. The van der Waals surface area contributed by atoms with Crippen LogP contribution in [0.4, 0.5) is 0 Å². The van der Waals surface area contributed by atoms with Crippen LogP contribution in [0.5, 0.6) is 0 Å². The van der Waals surface area contributed by atoms with Crippen molar-refractivity contribution in [1.29, 1.82) is 0 Å². The number of carbonyl (C=O) groups is 4. The summed E-state index contributed by atoms with van der Waals surface area (Å²) in [5, 5.41) is 14.0. The Morgan fingerprint density at radius 1 is 0.686 bits per heavy atom. The average Bonchev–Trinajstić information content (AvgIpc) is 2.80. The minimum atomic E-state index is -0.958. The van der Waals surface area contributed by atoms with Gasteiger partial charge in [0.05, 0.1) is 18.4 Å². The molecule has 9 nitrogen and oxygen atoms in total. The van der Waals surface area contributed by atoms with Gasteiger partial charge in [0.1, 0.15) is 0 Å². The van der Waals surface area contributed by atoms with E-state index in [2.05, 4.69) is 10.6 Å². The third kappa shape index (κ3) is 13.5. The summed E-state index contributed by atoms with van der Waals surface area (Å²) in [6.45, 7) is 0. The molecule has 2 aromatic carbocycles. The first kappa shape index (κ1) is 33.5. The Hall–Kier alpha value is -3.72. The number of carboxylic acids is 1. The summed E-state index contributed by atoms with van der Waals surface area (Å²) in [6.07, 6.45) is 0.661. The Balaban J connectivity index is 0. The summed E-state index contributed by atoms with van der Waals surface area (Å²) in [4.78, 5) is 47.7. The highest BCUT2D eigenvalue weighted by molar-refractivity contribution is 5.94. The third-order valence-electron chi connectivity index (χ3n) is 4.35. The fourth-order valence-electron chi connectivity index (χ4n) is 2.35. The predicted octanol–water partition coefficient (Wildman–Crippen LogP) is 2.16. The number of amides is 3. The van der Waals surface area contributed by atoms with Crippen LogP contribution in [0, 0.1) is 0 Å². The van der Waals surface area contributed by atoms with Gasteiger partial charge in [0.2, 0.25) is 11.8 Å². The van der Waals surface area contributed by atoms with Crippen LogP contribution in [0.1, 0.15) is 39.3 Å². The lowest BCUT2D eigenvalue weighted by Crippen LogP contribution is -2.23. The number of hydrogen-bond acceptors (Lipinski definition) is 5. The summed E-state index contributed by atoms with van der Waals surface area (Å²) < 4.78 is 0. The van der Waals surface area contributed by atoms with Gasteiger partial charge in [-0.25, -0.2) is 4.79 Å². The third-order valence-corrected chi connectivity index (χ3v) is 4.35. The fourth-order valence-corrected chi connectivity index (χ4v) is 2.35. The molecule has 0 heterocycles. The highest BCUT2D eigenvalue weighted by atomic mass is 16.4. The van der Waals surface area contributed by atoms with Gasteiger partial charge in [0.15, 0.2) is 0 Å². The highest BCUT2D eigenvalue weighted by Crippen LogP contribution is 2.07. The SMILES string of the molecule is C.CN(C)C(=O)Cc1ccc(C(=O)O)cc1.CNC.CNC(=O)c1ccc(CC(=O)N(C)C)cc1.